The summed E-state index contributed by atoms with van der Waals surface area (Å²) in [6.45, 7) is 40.0. The van der Waals surface area contributed by atoms with Gasteiger partial charge < -0.3 is 29.4 Å². The van der Waals surface area contributed by atoms with Crippen molar-refractivity contribution in [3.63, 3.8) is 0 Å². The number of nitrogens with one attached hydrogen (secondary N) is 4. The summed E-state index contributed by atoms with van der Waals surface area (Å²) in [4.78, 5) is 79.1. The Bertz CT molecular complexity index is 7370. The number of fused-ring (bicyclic) bond motifs is 40. The van der Waals surface area contributed by atoms with Crippen LogP contribution in [0.2, 0.25) is 0 Å². The Morgan fingerprint density at radius 1 is 0.262 bits per heavy atom. The number of H-pyrrole nitrogens is 4. The first-order valence-corrected chi connectivity index (χ1v) is 43.1. The van der Waals surface area contributed by atoms with E-state index in [0.717, 1.165) is 127 Å². The molecule has 16 bridgehead atoms. The average Bonchev–Trinajstić information content (AvgIpc) is 1.59. The van der Waals surface area contributed by atoms with Crippen LogP contribution in [0.4, 0.5) is 0 Å². The molecule has 0 fully saturated rings. The van der Waals surface area contributed by atoms with Gasteiger partial charge in [-0.2, -0.15) is 0 Å². The maximum absolute atomic E-state index is 6.61. The van der Waals surface area contributed by atoms with Crippen LogP contribution in [0.15, 0.2) is 176 Å². The molecule has 9 aromatic carbocycles. The molecule has 0 amide bonds. The van der Waals surface area contributed by atoms with Gasteiger partial charge in [0.2, 0.25) is 0 Å². The molecule has 0 saturated heterocycles. The lowest BCUT2D eigenvalue weighted by molar-refractivity contribution is 0.285. The minimum Gasteiger partial charge on any atom is -0.487 e. The summed E-state index contributed by atoms with van der Waals surface area (Å²) < 4.78 is 16.5. The molecular weight excluding hydrogens is 1590 g/mol. The molecule has 4 N–H and O–H groups in total. The van der Waals surface area contributed by atoms with E-state index in [1.807, 2.05) is 67.0 Å². The molecule has 4 aliphatic rings. The number of aromatic amines is 4. The molecule has 4 aliphatic heterocycles. The zero-order chi connectivity index (χ0) is 87.3. The van der Waals surface area contributed by atoms with Crippen LogP contribution < -0.4 is 9.47 Å². The summed E-state index contributed by atoms with van der Waals surface area (Å²) in [5, 5.41) is 25.7. The number of benzene rings is 9. The van der Waals surface area contributed by atoms with E-state index in [-0.39, 0.29) is 51.6 Å². The largest absolute Gasteiger partial charge is 0.487 e. The molecule has 0 saturated carbocycles. The zero-order valence-corrected chi connectivity index (χ0v) is 74.4. The van der Waals surface area contributed by atoms with Crippen LogP contribution in [0.25, 0.3) is 191 Å². The molecule has 0 aliphatic carbocycles. The second kappa shape index (κ2) is 28.5. The van der Waals surface area contributed by atoms with Gasteiger partial charge >= 0.3 is 0 Å². The van der Waals surface area contributed by atoms with Gasteiger partial charge in [-0.1, -0.05) is 208 Å². The van der Waals surface area contributed by atoms with Gasteiger partial charge in [0, 0.05) is 99.5 Å². The Morgan fingerprint density at radius 3 is 0.786 bits per heavy atom. The van der Waals surface area contributed by atoms with Gasteiger partial charge in [0.1, 0.15) is 81.3 Å². The quantitative estimate of drug-likeness (QED) is 0.0976. The predicted octanol–water partition coefficient (Wildman–Crippen LogP) is 22.9. The second-order valence-electron chi connectivity index (χ2n) is 39.6. The fraction of sp³-hybridized carbons (Fsp3) is 0.267. The van der Waals surface area contributed by atoms with E-state index in [1.165, 1.54) is 0 Å². The topological polar surface area (TPSA) is 298 Å². The number of hydrogen-bond acceptors (Lipinski definition) is 18. The second-order valence-corrected chi connectivity index (χ2v) is 39.8. The summed E-state index contributed by atoms with van der Waals surface area (Å²) in [5.74, 6) is 5.27. The third-order valence-corrected chi connectivity index (χ3v) is 24.6. The fourth-order valence-corrected chi connectivity index (χ4v) is 17.0. The van der Waals surface area contributed by atoms with Gasteiger partial charge in [0.15, 0.2) is 46.6 Å². The van der Waals surface area contributed by atoms with E-state index in [2.05, 4.69) is 274 Å². The monoisotopic (exact) mass is 1680 g/mol. The average molecular weight is 1680 g/mol. The van der Waals surface area contributed by atoms with Crippen LogP contribution in [0.3, 0.4) is 0 Å². The van der Waals surface area contributed by atoms with E-state index < -0.39 is 0 Å². The molecule has 8 aromatic heterocycles. The third-order valence-electron chi connectivity index (χ3n) is 24.3. The molecule has 0 unspecified atom stereocenters. The molecule has 126 heavy (non-hydrogen) atoms. The van der Waals surface area contributed by atoms with Crippen LogP contribution in [-0.2, 0) is 51.6 Å². The zero-order valence-electron chi connectivity index (χ0n) is 73.6. The van der Waals surface area contributed by atoms with E-state index in [4.69, 9.17) is 80.9 Å². The highest BCUT2D eigenvalue weighted by Gasteiger charge is 2.32. The first-order chi connectivity index (χ1) is 60.0. The summed E-state index contributed by atoms with van der Waals surface area (Å²) in [7, 11) is 0. The highest BCUT2D eigenvalue weighted by Crippen LogP contribution is 2.45. The Balaban J connectivity index is 0.590. The van der Waals surface area contributed by atoms with Crippen LogP contribution in [0, 0.1) is 0 Å². The van der Waals surface area contributed by atoms with E-state index in [9.17, 15) is 0 Å². The molecule has 0 atom stereocenters. The summed E-state index contributed by atoms with van der Waals surface area (Å²) in [5.41, 5.74) is 20.8. The van der Waals surface area contributed by atoms with Crippen LogP contribution >= 0.6 is 11.6 Å². The lowest BCUT2D eigenvalue weighted by Gasteiger charge is -2.19. The molecule has 0 radical (unpaired) electrons. The molecular formula is C101H93ClN22O2. The van der Waals surface area contributed by atoms with Gasteiger partial charge in [0.25, 0.3) is 0 Å². The normalized spacial score (nSPS) is 13.0. The van der Waals surface area contributed by atoms with Crippen molar-refractivity contribution < 1.29 is 9.47 Å². The molecule has 626 valence electrons. The molecule has 21 rings (SSSR count). The third kappa shape index (κ3) is 14.1. The van der Waals surface area contributed by atoms with Crippen molar-refractivity contribution in [3.05, 3.63) is 227 Å². The fourth-order valence-electron chi connectivity index (χ4n) is 16.8. The number of alkyl halides is 1. The van der Waals surface area contributed by atoms with E-state index in [1.54, 1.807) is 9.36 Å². The van der Waals surface area contributed by atoms with Crippen LogP contribution in [0.1, 0.15) is 175 Å². The van der Waals surface area contributed by atoms with E-state index in [0.29, 0.717) is 126 Å². The van der Waals surface area contributed by atoms with Crippen molar-refractivity contribution in [1.82, 2.24) is 110 Å². The summed E-state index contributed by atoms with van der Waals surface area (Å²) in [6, 6.07) is 56.6. The standard InChI is InChI=1S/C101H93ClN22O2/c1-96(2,3)52-19-27-64-72(37-52)88-103-80(64)107-90-76-41-56(100(13,14)15)23-31-68(76)84(111-90)115-94-78-43-60(25-33-70(78)86(117-94)113-92-74-39-54(98(7,8)9)21-29-66(74)82(105-88)109-92)123-47-58(119-121-123)49-125-62-35-51(46-102)36-63(45-62)126-50-59-48-124(122-120-59)61-26-34-71-79(44-61)95-116-85-69-32-24-57(101(16,17)18)42-77(69)91(112-85)108-81-65-28-20-53(97(4,5)6)38-73(65)89(104-81)106-83-67-30-22-55(99(10,11)12)40-75(67)93(110-83)114-87(71)118-95/h19-45,47-48H,46,49-50H2,1-18H3,(H2,103,105,107,109,111,113,115,117)(H2,104,106,108,110,112,114,116,118). The Hall–Kier alpha value is -14.1. The molecule has 24 nitrogen and oxygen atoms in total. The van der Waals surface area contributed by atoms with Gasteiger partial charge in [-0.25, -0.2) is 69.2 Å². The minimum atomic E-state index is -0.162. The first-order valence-electron chi connectivity index (χ1n) is 42.6. The molecule has 12 heterocycles. The van der Waals surface area contributed by atoms with Crippen molar-refractivity contribution in [2.45, 2.75) is 176 Å². The summed E-state index contributed by atoms with van der Waals surface area (Å²) in [6.07, 6.45) is 3.69. The Morgan fingerprint density at radius 2 is 0.508 bits per heavy atom. The van der Waals surface area contributed by atoms with Gasteiger partial charge in [-0.15, -0.1) is 21.8 Å². The Kier molecular flexibility index (Phi) is 17.9. The maximum atomic E-state index is 6.61. The molecule has 25 heteroatoms. The SMILES string of the molecule is CC(C)(C)c1ccc2c(c1)-c1nc-2nc2[nH]c(nc3nc(nc4[nH]c(n1)c1ccc(C(C)(C)C)cc41)-c1ccc(-n4cc(COc5cc(CCl)cc(OCc6cn(-c7ccc8c(c7)-c7nc-8nc8[nH]c(nc9nc(nc%10[nH]c(n7)c7ccc(C(C)(C)C)cc%107)-c7ccc(C(C)(C)C)cc7-9)c7ccc(C(C)(C)C)cc87)nn6)c5)nn4)cc1-3)c1ccc(C(C)(C)C)cc21. The number of rotatable bonds is 9. The predicted molar refractivity (Wildman–Crippen MR) is 499 cm³/mol. The lowest BCUT2D eigenvalue weighted by Crippen LogP contribution is -2.10. The molecule has 0 spiro atoms. The van der Waals surface area contributed by atoms with E-state index >= 15 is 0 Å². The van der Waals surface area contributed by atoms with Crippen molar-refractivity contribution >= 4 is 99.9 Å². The van der Waals surface area contributed by atoms with Gasteiger partial charge in [-0.3, -0.25) is 0 Å². The van der Waals surface area contributed by atoms with Crippen molar-refractivity contribution in [3.8, 4) is 114 Å². The van der Waals surface area contributed by atoms with Crippen molar-refractivity contribution in [2.24, 2.45) is 0 Å². The number of nitrogens with zero attached hydrogens (tertiary/aromatic N) is 18. The number of hydrogen-bond donors (Lipinski definition) is 4. The van der Waals surface area contributed by atoms with Crippen LogP contribution in [0.5, 0.6) is 11.5 Å². The summed E-state index contributed by atoms with van der Waals surface area (Å²) >= 11 is 6.61. The number of halogens is 1. The molecule has 17 aromatic rings. The maximum Gasteiger partial charge on any atom is 0.164 e. The smallest absolute Gasteiger partial charge is 0.164 e. The number of aromatic nitrogens is 22. The van der Waals surface area contributed by atoms with Gasteiger partial charge in [-0.05, 0) is 156 Å². The van der Waals surface area contributed by atoms with Crippen molar-refractivity contribution in [2.75, 3.05) is 0 Å². The Labute approximate surface area is 731 Å². The minimum absolute atomic E-state index is 0.0743. The van der Waals surface area contributed by atoms with Crippen molar-refractivity contribution in [1.29, 1.82) is 0 Å². The number of ether oxygens (including phenoxy) is 2. The highest BCUT2D eigenvalue weighted by molar-refractivity contribution is 6.17. The lowest BCUT2D eigenvalue weighted by atomic mass is 9.85. The highest BCUT2D eigenvalue weighted by atomic mass is 35.5. The van der Waals surface area contributed by atoms with Gasteiger partial charge in [0.05, 0.1) is 23.8 Å². The van der Waals surface area contributed by atoms with Crippen LogP contribution in [-0.4, -0.2) is 110 Å². The first kappa shape index (κ1) is 79.1.